The van der Waals surface area contributed by atoms with Gasteiger partial charge in [-0.05, 0) is 25.5 Å². The first kappa shape index (κ1) is 21.7. The summed E-state index contributed by atoms with van der Waals surface area (Å²) in [7, 11) is 1.61. The summed E-state index contributed by atoms with van der Waals surface area (Å²) < 4.78 is 21.0. The molecule has 1 aliphatic heterocycles. The Balaban J connectivity index is 1.96. The highest BCUT2D eigenvalue weighted by Gasteiger charge is 2.20. The average molecular weight is 418 g/mol. The molecule has 3 N–H and O–H groups in total. The second kappa shape index (κ2) is 9.66. The normalized spacial score (nSPS) is 17.7. The van der Waals surface area contributed by atoms with E-state index in [9.17, 15) is 14.0 Å². The molecule has 0 aliphatic carbocycles. The number of ether oxygens (including phenoxy) is 1. The van der Waals surface area contributed by atoms with E-state index in [-0.39, 0.29) is 23.3 Å². The molecule has 0 radical (unpaired) electrons. The number of aryl methyl sites for hydroxylation is 1. The molecule has 0 aromatic carbocycles. The van der Waals surface area contributed by atoms with Crippen molar-refractivity contribution in [3.63, 3.8) is 0 Å². The van der Waals surface area contributed by atoms with Gasteiger partial charge in [0.2, 0.25) is 5.91 Å². The molecule has 30 heavy (non-hydrogen) atoms. The first-order valence-corrected chi connectivity index (χ1v) is 9.95. The standard InChI is InChI=1S/C20H27FN6O3/c1-4-13(25-12(2)28)7-14(9-21)26-18-16-8-17(30-15-5-6-22-10-15)20(29)27(3)19(16)24-11-23-18/h7-8,11,14-15,22H,4-6,9-10H2,1-3H3,(H,25,28)(H,23,24,26)/b13-7+/t14?,15-/m0/s1. The lowest BCUT2D eigenvalue weighted by Gasteiger charge is -2.18. The number of aromatic nitrogens is 3. The lowest BCUT2D eigenvalue weighted by Crippen LogP contribution is -2.27. The first-order valence-electron chi connectivity index (χ1n) is 9.95. The number of rotatable bonds is 8. The maximum absolute atomic E-state index is 13.7. The summed E-state index contributed by atoms with van der Waals surface area (Å²) in [6, 6.07) is 0.886. The summed E-state index contributed by atoms with van der Waals surface area (Å²) in [5, 5.41) is 9.48. The van der Waals surface area contributed by atoms with Gasteiger partial charge >= 0.3 is 0 Å². The van der Waals surface area contributed by atoms with Crippen LogP contribution in [-0.4, -0.2) is 52.4 Å². The molecule has 1 saturated heterocycles. The molecule has 1 fully saturated rings. The Hall–Kier alpha value is -3.01. The van der Waals surface area contributed by atoms with E-state index in [2.05, 4.69) is 25.9 Å². The summed E-state index contributed by atoms with van der Waals surface area (Å²) in [6.07, 6.45) is 4.22. The molecule has 10 heteroatoms. The SMILES string of the molecule is CC/C(=C\C(CF)Nc1ncnc2c1cc(O[C@H]1CCNC1)c(=O)n2C)NC(C)=O. The Morgan fingerprint density at radius 3 is 2.93 bits per heavy atom. The number of allylic oxidation sites excluding steroid dienone is 1. The predicted molar refractivity (Wildman–Crippen MR) is 112 cm³/mol. The van der Waals surface area contributed by atoms with E-state index >= 15 is 0 Å². The summed E-state index contributed by atoms with van der Waals surface area (Å²) in [6.45, 7) is 4.08. The summed E-state index contributed by atoms with van der Waals surface area (Å²) in [5.74, 6) is 0.366. The molecule has 2 aromatic rings. The molecule has 3 heterocycles. The van der Waals surface area contributed by atoms with Gasteiger partial charge in [0.05, 0.1) is 11.4 Å². The maximum atomic E-state index is 13.7. The van der Waals surface area contributed by atoms with Gasteiger partial charge in [-0.1, -0.05) is 6.92 Å². The van der Waals surface area contributed by atoms with Gasteiger partial charge in [0.25, 0.3) is 5.56 Å². The largest absolute Gasteiger partial charge is 0.483 e. The lowest BCUT2D eigenvalue weighted by atomic mass is 10.2. The van der Waals surface area contributed by atoms with E-state index in [1.165, 1.54) is 17.8 Å². The van der Waals surface area contributed by atoms with E-state index in [1.54, 1.807) is 19.2 Å². The van der Waals surface area contributed by atoms with Gasteiger partial charge in [-0.2, -0.15) is 0 Å². The number of nitrogens with one attached hydrogen (secondary N) is 3. The Morgan fingerprint density at radius 1 is 1.50 bits per heavy atom. The zero-order valence-corrected chi connectivity index (χ0v) is 17.4. The van der Waals surface area contributed by atoms with Crippen molar-refractivity contribution in [2.45, 2.75) is 38.8 Å². The second-order valence-corrected chi connectivity index (χ2v) is 7.20. The summed E-state index contributed by atoms with van der Waals surface area (Å²) in [4.78, 5) is 32.4. The molecule has 9 nitrogen and oxygen atoms in total. The minimum atomic E-state index is -0.717. The van der Waals surface area contributed by atoms with Crippen LogP contribution in [0.5, 0.6) is 5.75 Å². The summed E-state index contributed by atoms with van der Waals surface area (Å²) >= 11 is 0. The van der Waals surface area contributed by atoms with Crippen LogP contribution in [0, 0.1) is 0 Å². The van der Waals surface area contributed by atoms with Crippen molar-refractivity contribution in [1.29, 1.82) is 0 Å². The number of hydrogen-bond donors (Lipinski definition) is 3. The van der Waals surface area contributed by atoms with E-state index in [4.69, 9.17) is 4.74 Å². The Morgan fingerprint density at radius 2 is 2.30 bits per heavy atom. The highest BCUT2D eigenvalue weighted by Crippen LogP contribution is 2.23. The van der Waals surface area contributed by atoms with Crippen molar-refractivity contribution >= 4 is 22.8 Å². The number of pyridine rings is 1. The van der Waals surface area contributed by atoms with Crippen LogP contribution in [0.2, 0.25) is 0 Å². The van der Waals surface area contributed by atoms with Crippen LogP contribution in [0.3, 0.4) is 0 Å². The van der Waals surface area contributed by atoms with Crippen molar-refractivity contribution in [1.82, 2.24) is 25.2 Å². The van der Waals surface area contributed by atoms with Gasteiger partial charge in [-0.25, -0.2) is 14.4 Å². The fourth-order valence-corrected chi connectivity index (χ4v) is 3.37. The van der Waals surface area contributed by atoms with Crippen LogP contribution in [-0.2, 0) is 11.8 Å². The number of carbonyl (C=O) groups is 1. The third-order valence-corrected chi connectivity index (χ3v) is 4.89. The third kappa shape index (κ3) is 4.93. The zero-order valence-electron chi connectivity index (χ0n) is 17.4. The molecule has 1 aliphatic rings. The predicted octanol–water partition coefficient (Wildman–Crippen LogP) is 1.25. The molecule has 0 saturated carbocycles. The minimum absolute atomic E-state index is 0.0810. The van der Waals surface area contributed by atoms with Gasteiger partial charge in [0, 0.05) is 32.3 Å². The molecular weight excluding hydrogens is 391 g/mol. The number of amides is 1. The molecule has 1 amide bonds. The molecule has 0 spiro atoms. The summed E-state index contributed by atoms with van der Waals surface area (Å²) in [5.41, 5.74) is 0.731. The fourth-order valence-electron chi connectivity index (χ4n) is 3.37. The Bertz CT molecular complexity index is 1000. The average Bonchev–Trinajstić information content (AvgIpc) is 3.23. The van der Waals surface area contributed by atoms with Gasteiger partial charge in [-0.3, -0.25) is 14.2 Å². The zero-order chi connectivity index (χ0) is 21.7. The first-order chi connectivity index (χ1) is 14.4. The third-order valence-electron chi connectivity index (χ3n) is 4.89. The lowest BCUT2D eigenvalue weighted by molar-refractivity contribution is -0.118. The second-order valence-electron chi connectivity index (χ2n) is 7.20. The van der Waals surface area contributed by atoms with E-state index < -0.39 is 12.7 Å². The van der Waals surface area contributed by atoms with Gasteiger partial charge in [0.15, 0.2) is 5.75 Å². The monoisotopic (exact) mass is 418 g/mol. The number of nitrogens with zero attached hydrogens (tertiary/aromatic N) is 3. The number of alkyl halides is 1. The van der Waals surface area contributed by atoms with Gasteiger partial charge in [0.1, 0.15) is 30.6 Å². The molecule has 162 valence electrons. The molecule has 2 aromatic heterocycles. The molecule has 0 bridgehead atoms. The van der Waals surface area contributed by atoms with E-state index in [1.807, 2.05) is 6.92 Å². The number of fused-ring (bicyclic) bond motifs is 1. The fraction of sp³-hybridized carbons (Fsp3) is 0.500. The van der Waals surface area contributed by atoms with Crippen LogP contribution >= 0.6 is 0 Å². The maximum Gasteiger partial charge on any atom is 0.294 e. The quantitative estimate of drug-likeness (QED) is 0.592. The van der Waals surface area contributed by atoms with Crippen LogP contribution in [0.25, 0.3) is 11.0 Å². The van der Waals surface area contributed by atoms with Crippen molar-refractivity contribution in [2.24, 2.45) is 7.05 Å². The van der Waals surface area contributed by atoms with Crippen molar-refractivity contribution in [3.05, 3.63) is 34.5 Å². The van der Waals surface area contributed by atoms with Crippen molar-refractivity contribution in [3.8, 4) is 5.75 Å². The highest BCUT2D eigenvalue weighted by atomic mass is 19.1. The Kier molecular flexibility index (Phi) is 6.99. The van der Waals surface area contributed by atoms with Gasteiger partial charge < -0.3 is 20.7 Å². The minimum Gasteiger partial charge on any atom is -0.483 e. The topological polar surface area (TPSA) is 110 Å². The Labute approximate surface area is 173 Å². The number of hydrogen-bond acceptors (Lipinski definition) is 7. The van der Waals surface area contributed by atoms with E-state index in [0.717, 1.165) is 13.0 Å². The number of carbonyl (C=O) groups excluding carboxylic acids is 1. The van der Waals surface area contributed by atoms with Gasteiger partial charge in [-0.15, -0.1) is 0 Å². The van der Waals surface area contributed by atoms with Crippen LogP contribution in [0.1, 0.15) is 26.7 Å². The number of anilines is 1. The molecule has 2 atom stereocenters. The van der Waals surface area contributed by atoms with Crippen molar-refractivity contribution in [2.75, 3.05) is 25.1 Å². The molecule has 3 rings (SSSR count). The van der Waals surface area contributed by atoms with Crippen LogP contribution in [0.15, 0.2) is 29.0 Å². The van der Waals surface area contributed by atoms with E-state index in [0.29, 0.717) is 35.5 Å². The molecular formula is C20H27FN6O3. The number of halogens is 1. The molecule has 1 unspecified atom stereocenters. The van der Waals surface area contributed by atoms with Crippen LogP contribution < -0.4 is 26.2 Å². The smallest absolute Gasteiger partial charge is 0.294 e. The van der Waals surface area contributed by atoms with Crippen LogP contribution in [0.4, 0.5) is 10.2 Å². The van der Waals surface area contributed by atoms with Crippen molar-refractivity contribution < 1.29 is 13.9 Å². The highest BCUT2D eigenvalue weighted by molar-refractivity contribution is 5.87.